The van der Waals surface area contributed by atoms with Crippen molar-refractivity contribution in [2.45, 2.75) is 25.0 Å². The van der Waals surface area contributed by atoms with Crippen LogP contribution in [0.25, 0.3) is 22.5 Å². The fourth-order valence-corrected chi connectivity index (χ4v) is 4.90. The number of imidazole rings is 1. The van der Waals surface area contributed by atoms with Crippen molar-refractivity contribution >= 4 is 17.7 Å². The average molecular weight is 532 g/mol. The lowest BCUT2D eigenvalue weighted by atomic mass is 10.0. The lowest BCUT2D eigenvalue weighted by Crippen LogP contribution is -2.30. The van der Waals surface area contributed by atoms with Crippen molar-refractivity contribution in [3.05, 3.63) is 78.9 Å². The first kappa shape index (κ1) is 27.1. The lowest BCUT2D eigenvalue weighted by molar-refractivity contribution is -0.122. The third-order valence-corrected chi connectivity index (χ3v) is 6.85. The third-order valence-electron chi connectivity index (χ3n) is 5.88. The molecule has 3 aromatic carbocycles. The highest BCUT2D eigenvalue weighted by molar-refractivity contribution is 7.99. The van der Waals surface area contributed by atoms with Gasteiger partial charge in [-0.15, -0.1) is 0 Å². The van der Waals surface area contributed by atoms with Crippen molar-refractivity contribution in [3.8, 4) is 39.8 Å². The van der Waals surface area contributed by atoms with Gasteiger partial charge in [0.1, 0.15) is 17.2 Å². The second-order valence-electron chi connectivity index (χ2n) is 8.50. The van der Waals surface area contributed by atoms with Gasteiger partial charge in [-0.3, -0.25) is 4.79 Å². The minimum atomic E-state index is -0.149. The van der Waals surface area contributed by atoms with Crippen molar-refractivity contribution in [1.29, 1.82) is 0 Å². The molecule has 1 aromatic heterocycles. The average Bonchev–Trinajstić information content (AvgIpc) is 3.33. The number of amides is 1. The van der Waals surface area contributed by atoms with E-state index in [1.165, 1.54) is 0 Å². The van der Waals surface area contributed by atoms with Crippen molar-refractivity contribution in [3.63, 3.8) is 0 Å². The Hall–Kier alpha value is -3.91. The summed E-state index contributed by atoms with van der Waals surface area (Å²) in [5.41, 5.74) is 4.05. The molecular formula is C30H33N3O4S. The van der Waals surface area contributed by atoms with Gasteiger partial charge in [0.15, 0.2) is 11.8 Å². The smallest absolute Gasteiger partial charge is 0.257 e. The third kappa shape index (κ3) is 6.89. The molecule has 1 amide bonds. The number of aromatic nitrogens is 2. The standard InChI is InChI=1S/C30H33N3O4S/c1-4-19-33-29(23-12-16-25(36-3)17-13-23)28(22-10-14-24(35-2)15-11-22)32-30(33)38-20-18-31-27(34)21-37-26-8-6-5-7-9-26/h5-17H,4,18-21H2,1-3H3,(H,31,34). The first-order valence-electron chi connectivity index (χ1n) is 12.6. The zero-order valence-electron chi connectivity index (χ0n) is 22.0. The molecule has 0 spiro atoms. The Morgan fingerprint density at radius 3 is 2.11 bits per heavy atom. The molecule has 1 heterocycles. The molecule has 1 N–H and O–H groups in total. The maximum atomic E-state index is 12.2. The predicted octanol–water partition coefficient (Wildman–Crippen LogP) is 5.93. The molecule has 38 heavy (non-hydrogen) atoms. The van der Waals surface area contributed by atoms with Gasteiger partial charge < -0.3 is 24.1 Å². The Morgan fingerprint density at radius 2 is 1.50 bits per heavy atom. The van der Waals surface area contributed by atoms with Crippen LogP contribution in [0.15, 0.2) is 84.0 Å². The van der Waals surface area contributed by atoms with E-state index in [0.717, 1.165) is 52.1 Å². The van der Waals surface area contributed by atoms with Gasteiger partial charge in [-0.05, 0) is 67.1 Å². The second kappa shape index (κ2) is 13.6. The van der Waals surface area contributed by atoms with E-state index in [4.69, 9.17) is 19.2 Å². The molecule has 0 atom stereocenters. The predicted molar refractivity (Wildman–Crippen MR) is 152 cm³/mol. The molecule has 0 bridgehead atoms. The van der Waals surface area contributed by atoms with Crippen molar-refractivity contribution in [2.24, 2.45) is 0 Å². The first-order chi connectivity index (χ1) is 18.6. The van der Waals surface area contributed by atoms with Crippen LogP contribution < -0.4 is 19.5 Å². The maximum absolute atomic E-state index is 12.2. The van der Waals surface area contributed by atoms with Gasteiger partial charge in [0, 0.05) is 30.0 Å². The van der Waals surface area contributed by atoms with Gasteiger partial charge in [-0.25, -0.2) is 4.98 Å². The molecule has 7 nitrogen and oxygen atoms in total. The Balaban J connectivity index is 1.52. The molecule has 0 aliphatic carbocycles. The SMILES string of the molecule is CCCn1c(SCCNC(=O)COc2ccccc2)nc(-c2ccc(OC)cc2)c1-c1ccc(OC)cc1. The summed E-state index contributed by atoms with van der Waals surface area (Å²) in [6.07, 6.45) is 0.961. The van der Waals surface area contributed by atoms with Crippen LogP contribution in [0.2, 0.25) is 0 Å². The normalized spacial score (nSPS) is 10.7. The van der Waals surface area contributed by atoms with Crippen LogP contribution >= 0.6 is 11.8 Å². The van der Waals surface area contributed by atoms with Gasteiger partial charge in [0.2, 0.25) is 0 Å². The quantitative estimate of drug-likeness (QED) is 0.170. The zero-order valence-corrected chi connectivity index (χ0v) is 22.8. The molecule has 0 saturated heterocycles. The van der Waals surface area contributed by atoms with E-state index in [1.54, 1.807) is 26.0 Å². The number of methoxy groups -OCH3 is 2. The zero-order chi connectivity index (χ0) is 26.7. The van der Waals surface area contributed by atoms with Gasteiger partial charge in [-0.1, -0.05) is 36.9 Å². The number of hydrogen-bond acceptors (Lipinski definition) is 6. The molecule has 0 fully saturated rings. The topological polar surface area (TPSA) is 74.6 Å². The summed E-state index contributed by atoms with van der Waals surface area (Å²) >= 11 is 1.63. The lowest BCUT2D eigenvalue weighted by Gasteiger charge is -2.13. The fraction of sp³-hybridized carbons (Fsp3) is 0.267. The number of nitrogens with one attached hydrogen (secondary N) is 1. The van der Waals surface area contributed by atoms with Crippen molar-refractivity contribution in [1.82, 2.24) is 14.9 Å². The van der Waals surface area contributed by atoms with Crippen LogP contribution in [-0.4, -0.2) is 48.6 Å². The van der Waals surface area contributed by atoms with Crippen molar-refractivity contribution in [2.75, 3.05) is 33.1 Å². The number of hydrogen-bond donors (Lipinski definition) is 1. The second-order valence-corrected chi connectivity index (χ2v) is 9.56. The van der Waals surface area contributed by atoms with Gasteiger partial charge >= 0.3 is 0 Å². The van der Waals surface area contributed by atoms with E-state index in [9.17, 15) is 4.79 Å². The Bertz CT molecular complexity index is 1310. The number of ether oxygens (including phenoxy) is 3. The molecule has 0 saturated carbocycles. The molecular weight excluding hydrogens is 498 g/mol. The van der Waals surface area contributed by atoms with Crippen LogP contribution in [0.4, 0.5) is 0 Å². The summed E-state index contributed by atoms with van der Waals surface area (Å²) in [7, 11) is 3.33. The molecule has 0 radical (unpaired) electrons. The van der Waals surface area contributed by atoms with Crippen LogP contribution in [0.5, 0.6) is 17.2 Å². The molecule has 4 rings (SSSR count). The van der Waals surface area contributed by atoms with E-state index in [-0.39, 0.29) is 12.5 Å². The molecule has 0 aliphatic rings. The Morgan fingerprint density at radius 1 is 0.868 bits per heavy atom. The number of para-hydroxylation sites is 1. The van der Waals surface area contributed by atoms with Gasteiger partial charge in [-0.2, -0.15) is 0 Å². The van der Waals surface area contributed by atoms with E-state index in [0.29, 0.717) is 18.0 Å². The van der Waals surface area contributed by atoms with E-state index in [2.05, 4.69) is 28.9 Å². The fourth-order valence-electron chi connectivity index (χ4n) is 4.01. The van der Waals surface area contributed by atoms with Crippen molar-refractivity contribution < 1.29 is 19.0 Å². The van der Waals surface area contributed by atoms with Gasteiger partial charge in [0.25, 0.3) is 5.91 Å². The highest BCUT2D eigenvalue weighted by atomic mass is 32.2. The highest BCUT2D eigenvalue weighted by Gasteiger charge is 2.20. The van der Waals surface area contributed by atoms with Crippen LogP contribution in [0.1, 0.15) is 13.3 Å². The minimum Gasteiger partial charge on any atom is -0.497 e. The summed E-state index contributed by atoms with van der Waals surface area (Å²) in [6.45, 7) is 3.48. The monoisotopic (exact) mass is 531 g/mol. The number of benzene rings is 3. The summed E-state index contributed by atoms with van der Waals surface area (Å²) in [5.74, 6) is 2.82. The van der Waals surface area contributed by atoms with Crippen LogP contribution in [0.3, 0.4) is 0 Å². The van der Waals surface area contributed by atoms with E-state index >= 15 is 0 Å². The molecule has 0 unspecified atom stereocenters. The number of rotatable bonds is 13. The number of nitrogens with zero attached hydrogens (tertiary/aromatic N) is 2. The first-order valence-corrected chi connectivity index (χ1v) is 13.6. The number of carbonyl (C=O) groups is 1. The summed E-state index contributed by atoms with van der Waals surface area (Å²) in [6, 6.07) is 25.4. The molecule has 4 aromatic rings. The number of carbonyl (C=O) groups excluding carboxylic acids is 1. The Labute approximate surface area is 228 Å². The minimum absolute atomic E-state index is 0.0115. The molecule has 0 aliphatic heterocycles. The summed E-state index contributed by atoms with van der Waals surface area (Å²) < 4.78 is 18.5. The summed E-state index contributed by atoms with van der Waals surface area (Å²) in [4.78, 5) is 17.3. The van der Waals surface area contributed by atoms with Crippen LogP contribution in [0, 0.1) is 0 Å². The summed E-state index contributed by atoms with van der Waals surface area (Å²) in [5, 5.41) is 3.85. The number of thioether (sulfide) groups is 1. The largest absolute Gasteiger partial charge is 0.497 e. The van der Waals surface area contributed by atoms with Crippen LogP contribution in [-0.2, 0) is 11.3 Å². The highest BCUT2D eigenvalue weighted by Crippen LogP contribution is 2.37. The maximum Gasteiger partial charge on any atom is 0.257 e. The van der Waals surface area contributed by atoms with E-state index < -0.39 is 0 Å². The Kier molecular flexibility index (Phi) is 9.70. The molecule has 198 valence electrons. The van der Waals surface area contributed by atoms with Gasteiger partial charge in [0.05, 0.1) is 25.6 Å². The molecule has 8 heteroatoms. The van der Waals surface area contributed by atoms with E-state index in [1.807, 2.05) is 66.7 Å².